The van der Waals surface area contributed by atoms with E-state index in [1.807, 2.05) is 0 Å². The van der Waals surface area contributed by atoms with E-state index in [0.717, 1.165) is 12.1 Å². The Balaban J connectivity index is 1.67. The van der Waals surface area contributed by atoms with Crippen LogP contribution in [0.5, 0.6) is 5.75 Å². The standard InChI is InChI=1S/C19H24F3NO6S/c20-19(21,22)13-2-1-3-15(12-13)29-14-4-8-23(9-5-14)16(30(26)27)18(17(24)25)6-10-28-11-7-18/h1-3,12,14,16H,4-11H2,(H,24,25)(H,26,27). The van der Waals surface area contributed by atoms with Gasteiger partial charge in [-0.25, -0.2) is 4.21 Å². The smallest absolute Gasteiger partial charge is 0.416 e. The van der Waals surface area contributed by atoms with Gasteiger partial charge in [-0.1, -0.05) is 6.07 Å². The van der Waals surface area contributed by atoms with Crippen LogP contribution in [0.25, 0.3) is 0 Å². The van der Waals surface area contributed by atoms with Gasteiger partial charge in [0.2, 0.25) is 0 Å². The molecule has 2 aliphatic heterocycles. The molecule has 2 unspecified atom stereocenters. The molecule has 0 aromatic heterocycles. The number of likely N-dealkylation sites (tertiary alicyclic amines) is 1. The van der Waals surface area contributed by atoms with Gasteiger partial charge in [0.15, 0.2) is 11.1 Å². The van der Waals surface area contributed by atoms with E-state index in [2.05, 4.69) is 0 Å². The van der Waals surface area contributed by atoms with Crippen LogP contribution >= 0.6 is 0 Å². The van der Waals surface area contributed by atoms with Crippen LogP contribution in [0.15, 0.2) is 24.3 Å². The zero-order valence-corrected chi connectivity index (χ0v) is 17.0. The Labute approximate surface area is 174 Å². The molecular formula is C19H24F3NO6S. The largest absolute Gasteiger partial charge is 0.490 e. The number of benzene rings is 1. The summed E-state index contributed by atoms with van der Waals surface area (Å²) in [5.41, 5.74) is -2.18. The number of carboxylic acid groups (broad SMARTS) is 1. The van der Waals surface area contributed by atoms with Crippen molar-refractivity contribution in [1.82, 2.24) is 4.90 Å². The van der Waals surface area contributed by atoms with Gasteiger partial charge in [-0.05, 0) is 43.9 Å². The molecule has 0 amide bonds. The van der Waals surface area contributed by atoms with E-state index in [4.69, 9.17) is 9.47 Å². The first-order valence-corrected chi connectivity index (χ1v) is 10.8. The number of piperidine rings is 1. The lowest BCUT2D eigenvalue weighted by atomic mass is 9.79. The molecule has 7 nitrogen and oxygen atoms in total. The molecule has 168 valence electrons. The number of nitrogens with zero attached hydrogens (tertiary/aromatic N) is 1. The number of hydrogen-bond acceptors (Lipinski definition) is 5. The third-order valence-electron chi connectivity index (χ3n) is 5.75. The molecule has 2 saturated heterocycles. The van der Waals surface area contributed by atoms with Crippen LogP contribution in [0.1, 0.15) is 31.2 Å². The Bertz CT molecular complexity index is 776. The van der Waals surface area contributed by atoms with Crippen molar-refractivity contribution in [3.8, 4) is 5.75 Å². The predicted octanol–water partition coefficient (Wildman–Crippen LogP) is 2.98. The van der Waals surface area contributed by atoms with Gasteiger partial charge in [-0.15, -0.1) is 0 Å². The Morgan fingerprint density at radius 3 is 2.43 bits per heavy atom. The molecule has 0 saturated carbocycles. The topological polar surface area (TPSA) is 96.3 Å². The molecule has 30 heavy (non-hydrogen) atoms. The molecule has 2 fully saturated rings. The number of hydrogen-bond donors (Lipinski definition) is 2. The summed E-state index contributed by atoms with van der Waals surface area (Å²) < 4.78 is 71.6. The van der Waals surface area contributed by atoms with Gasteiger partial charge in [0.1, 0.15) is 22.6 Å². The fourth-order valence-electron chi connectivity index (χ4n) is 4.14. The summed E-state index contributed by atoms with van der Waals surface area (Å²) in [4.78, 5) is 13.7. The Kier molecular flexibility index (Phi) is 7.05. The van der Waals surface area contributed by atoms with Crippen molar-refractivity contribution in [2.75, 3.05) is 26.3 Å². The van der Waals surface area contributed by atoms with Gasteiger partial charge < -0.3 is 19.1 Å². The normalized spacial score (nSPS) is 22.9. The zero-order chi connectivity index (χ0) is 21.9. The van der Waals surface area contributed by atoms with Crippen LogP contribution in [0.4, 0.5) is 13.2 Å². The van der Waals surface area contributed by atoms with E-state index in [0.29, 0.717) is 25.9 Å². The number of rotatable bonds is 6. The molecule has 11 heteroatoms. The Hall–Kier alpha value is -1.69. The summed E-state index contributed by atoms with van der Waals surface area (Å²) in [6.07, 6.45) is -3.75. The van der Waals surface area contributed by atoms with Gasteiger partial charge in [0.25, 0.3) is 0 Å². The summed E-state index contributed by atoms with van der Waals surface area (Å²) in [6.45, 7) is 1.01. The van der Waals surface area contributed by atoms with Gasteiger partial charge in [-0.3, -0.25) is 9.69 Å². The number of aliphatic carboxylic acids is 1. The lowest BCUT2D eigenvalue weighted by molar-refractivity contribution is -0.159. The van der Waals surface area contributed by atoms with E-state index < -0.39 is 39.6 Å². The molecule has 2 atom stereocenters. The molecule has 0 aliphatic carbocycles. The van der Waals surface area contributed by atoms with Gasteiger partial charge in [-0.2, -0.15) is 13.2 Å². The third-order valence-corrected chi connectivity index (χ3v) is 6.88. The van der Waals surface area contributed by atoms with Crippen molar-refractivity contribution >= 4 is 17.0 Å². The second kappa shape index (κ2) is 9.21. The minimum absolute atomic E-state index is 0.108. The molecule has 2 aliphatic rings. The summed E-state index contributed by atoms with van der Waals surface area (Å²) in [6, 6.07) is 4.64. The number of alkyl halides is 3. The van der Waals surface area contributed by atoms with Crippen LogP contribution in [-0.4, -0.2) is 62.5 Å². The second-order valence-electron chi connectivity index (χ2n) is 7.58. The number of halogens is 3. The highest BCUT2D eigenvalue weighted by Gasteiger charge is 2.52. The minimum Gasteiger partial charge on any atom is -0.490 e. The maximum Gasteiger partial charge on any atom is 0.416 e. The monoisotopic (exact) mass is 451 g/mol. The van der Waals surface area contributed by atoms with Crippen molar-refractivity contribution in [3.63, 3.8) is 0 Å². The van der Waals surface area contributed by atoms with Crippen LogP contribution in [-0.2, 0) is 26.8 Å². The fourth-order valence-corrected chi connectivity index (χ4v) is 5.33. The number of carboxylic acids is 1. The fraction of sp³-hybridized carbons (Fsp3) is 0.632. The zero-order valence-electron chi connectivity index (χ0n) is 16.1. The van der Waals surface area contributed by atoms with Crippen molar-refractivity contribution < 1.29 is 41.3 Å². The lowest BCUT2D eigenvalue weighted by Crippen LogP contribution is -2.58. The van der Waals surface area contributed by atoms with Gasteiger partial charge >= 0.3 is 12.1 Å². The average Bonchev–Trinajstić information content (AvgIpc) is 2.69. The second-order valence-corrected chi connectivity index (χ2v) is 8.58. The van der Waals surface area contributed by atoms with E-state index in [1.54, 1.807) is 4.90 Å². The molecule has 2 N–H and O–H groups in total. The maximum absolute atomic E-state index is 12.9. The highest BCUT2D eigenvalue weighted by Crippen LogP contribution is 2.40. The van der Waals surface area contributed by atoms with Crippen molar-refractivity contribution in [1.29, 1.82) is 0 Å². The number of carbonyl (C=O) groups is 1. The lowest BCUT2D eigenvalue weighted by Gasteiger charge is -2.45. The molecular weight excluding hydrogens is 427 g/mol. The van der Waals surface area contributed by atoms with E-state index in [9.17, 15) is 31.8 Å². The first kappa shape index (κ1) is 23.0. The summed E-state index contributed by atoms with van der Waals surface area (Å²) in [7, 11) is 0. The third kappa shape index (κ3) is 4.96. The molecule has 1 aromatic rings. The van der Waals surface area contributed by atoms with Crippen LogP contribution in [0.2, 0.25) is 0 Å². The van der Waals surface area contributed by atoms with Crippen molar-refractivity contribution in [3.05, 3.63) is 29.8 Å². The molecule has 0 radical (unpaired) electrons. The van der Waals surface area contributed by atoms with E-state index in [-0.39, 0.29) is 37.9 Å². The first-order chi connectivity index (χ1) is 14.1. The van der Waals surface area contributed by atoms with Crippen molar-refractivity contribution in [2.24, 2.45) is 5.41 Å². The molecule has 0 bridgehead atoms. The maximum atomic E-state index is 12.9. The minimum atomic E-state index is -4.46. The van der Waals surface area contributed by atoms with Crippen LogP contribution in [0, 0.1) is 5.41 Å². The average molecular weight is 451 g/mol. The van der Waals surface area contributed by atoms with Gasteiger partial charge in [0.05, 0.1) is 5.56 Å². The number of ether oxygens (including phenoxy) is 2. The molecule has 2 heterocycles. The van der Waals surface area contributed by atoms with E-state index >= 15 is 0 Å². The Morgan fingerprint density at radius 1 is 1.27 bits per heavy atom. The van der Waals surface area contributed by atoms with Crippen LogP contribution < -0.4 is 4.74 Å². The highest BCUT2D eigenvalue weighted by molar-refractivity contribution is 7.79. The Morgan fingerprint density at radius 2 is 1.90 bits per heavy atom. The predicted molar refractivity (Wildman–Crippen MR) is 101 cm³/mol. The summed E-state index contributed by atoms with van der Waals surface area (Å²) >= 11 is -2.40. The molecule has 3 rings (SSSR count). The molecule has 1 aromatic carbocycles. The highest BCUT2D eigenvalue weighted by atomic mass is 32.2. The molecule has 0 spiro atoms. The van der Waals surface area contributed by atoms with Crippen LogP contribution in [0.3, 0.4) is 0 Å². The summed E-state index contributed by atoms with van der Waals surface area (Å²) in [5, 5.41) is 8.74. The van der Waals surface area contributed by atoms with Crippen molar-refractivity contribution in [2.45, 2.75) is 43.3 Å². The first-order valence-electron chi connectivity index (χ1n) is 9.62. The summed E-state index contributed by atoms with van der Waals surface area (Å²) in [5.74, 6) is -1.02. The SMILES string of the molecule is O=C(O)C1(C(N2CCC(Oc3cccc(C(F)(F)F)c3)CC2)S(=O)O)CCOCC1. The van der Waals surface area contributed by atoms with E-state index in [1.165, 1.54) is 12.1 Å². The quantitative estimate of drug-likeness (QED) is 0.642. The van der Waals surface area contributed by atoms with Gasteiger partial charge in [0, 0.05) is 26.3 Å².